The van der Waals surface area contributed by atoms with Gasteiger partial charge in [0.1, 0.15) is 5.54 Å². The van der Waals surface area contributed by atoms with Crippen LogP contribution < -0.4 is 5.73 Å². The minimum Gasteiger partial charge on any atom is -0.312 e. The number of nitrogens with zero attached hydrogens (tertiary/aromatic N) is 2. The van der Waals surface area contributed by atoms with Gasteiger partial charge in [0.05, 0.1) is 6.07 Å². The second-order valence-electron chi connectivity index (χ2n) is 5.23. The van der Waals surface area contributed by atoms with Crippen LogP contribution in [-0.2, 0) is 6.54 Å². The number of benzene rings is 1. The number of likely N-dealkylation sites (tertiary alicyclic amines) is 1. The maximum atomic E-state index is 9.15. The summed E-state index contributed by atoms with van der Waals surface area (Å²) in [6, 6.07) is 12.6. The molecule has 2 rings (SSSR count). The molecule has 0 amide bonds. The predicted molar refractivity (Wildman–Crippen MR) is 68.0 cm³/mol. The number of nitrogens with two attached hydrogens (primary N) is 1. The van der Waals surface area contributed by atoms with Gasteiger partial charge in [0, 0.05) is 19.6 Å². The van der Waals surface area contributed by atoms with Crippen LogP contribution in [0.25, 0.3) is 0 Å². The van der Waals surface area contributed by atoms with Crippen LogP contribution in [0.4, 0.5) is 0 Å². The average molecular weight is 229 g/mol. The van der Waals surface area contributed by atoms with Crippen LogP contribution in [0, 0.1) is 17.2 Å². The van der Waals surface area contributed by atoms with Gasteiger partial charge >= 0.3 is 0 Å². The highest BCUT2D eigenvalue weighted by atomic mass is 15.2. The van der Waals surface area contributed by atoms with E-state index in [-0.39, 0.29) is 0 Å². The van der Waals surface area contributed by atoms with Crippen molar-refractivity contribution in [2.75, 3.05) is 13.1 Å². The Morgan fingerprint density at radius 1 is 1.47 bits per heavy atom. The lowest BCUT2D eigenvalue weighted by Gasteiger charge is -2.39. The Morgan fingerprint density at radius 3 is 2.82 bits per heavy atom. The van der Waals surface area contributed by atoms with E-state index in [0.717, 1.165) is 19.5 Å². The highest BCUT2D eigenvalue weighted by molar-refractivity contribution is 5.16. The fraction of sp³-hybridized carbons (Fsp3) is 0.500. The maximum Gasteiger partial charge on any atom is 0.117 e. The Kier molecular flexibility index (Phi) is 3.46. The zero-order valence-electron chi connectivity index (χ0n) is 10.3. The molecule has 1 heterocycles. The smallest absolute Gasteiger partial charge is 0.117 e. The summed E-state index contributed by atoms with van der Waals surface area (Å²) in [4.78, 5) is 2.28. The molecule has 0 radical (unpaired) electrons. The molecule has 1 aromatic rings. The molecule has 17 heavy (non-hydrogen) atoms. The number of hydrogen-bond acceptors (Lipinski definition) is 3. The highest BCUT2D eigenvalue weighted by Gasteiger charge is 2.34. The van der Waals surface area contributed by atoms with Crippen LogP contribution in [0.5, 0.6) is 0 Å². The molecule has 90 valence electrons. The van der Waals surface area contributed by atoms with E-state index in [4.69, 9.17) is 11.0 Å². The average Bonchev–Trinajstić information content (AvgIpc) is 2.29. The Labute approximate surface area is 103 Å². The Morgan fingerprint density at radius 2 is 2.18 bits per heavy atom. The number of rotatable bonds is 2. The third-order valence-corrected chi connectivity index (χ3v) is 3.26. The van der Waals surface area contributed by atoms with Crippen LogP contribution in [-0.4, -0.2) is 23.5 Å². The monoisotopic (exact) mass is 229 g/mol. The summed E-state index contributed by atoms with van der Waals surface area (Å²) in [5.41, 5.74) is 6.70. The van der Waals surface area contributed by atoms with E-state index in [2.05, 4.69) is 30.0 Å². The van der Waals surface area contributed by atoms with Crippen molar-refractivity contribution in [3.05, 3.63) is 35.9 Å². The standard InChI is InChI=1S/C14H19N3/c1-12-7-14(16,10-15)11-17(8-12)9-13-5-3-2-4-6-13/h2-6,12H,7-9,11,16H2,1H3/t12-,14-/m0/s1. The molecule has 2 N–H and O–H groups in total. The van der Waals surface area contributed by atoms with Gasteiger partial charge in [-0.05, 0) is 17.9 Å². The van der Waals surface area contributed by atoms with Crippen molar-refractivity contribution in [1.29, 1.82) is 5.26 Å². The number of piperidine rings is 1. The molecule has 1 aliphatic rings. The van der Waals surface area contributed by atoms with Crippen LogP contribution in [0.2, 0.25) is 0 Å². The van der Waals surface area contributed by atoms with Crippen LogP contribution in [0.1, 0.15) is 18.9 Å². The summed E-state index contributed by atoms with van der Waals surface area (Å²) < 4.78 is 0. The quantitative estimate of drug-likeness (QED) is 0.840. The fourth-order valence-electron chi connectivity index (χ4n) is 2.70. The van der Waals surface area contributed by atoms with Gasteiger partial charge in [-0.3, -0.25) is 4.90 Å². The number of hydrogen-bond donors (Lipinski definition) is 1. The van der Waals surface area contributed by atoms with Crippen molar-refractivity contribution in [3.8, 4) is 6.07 Å². The van der Waals surface area contributed by atoms with E-state index >= 15 is 0 Å². The summed E-state index contributed by atoms with van der Waals surface area (Å²) in [5.74, 6) is 0.483. The van der Waals surface area contributed by atoms with Gasteiger partial charge in [0.2, 0.25) is 0 Å². The largest absolute Gasteiger partial charge is 0.312 e. The van der Waals surface area contributed by atoms with Crippen molar-refractivity contribution in [2.45, 2.75) is 25.4 Å². The summed E-state index contributed by atoms with van der Waals surface area (Å²) in [5, 5.41) is 9.15. The molecule has 3 heteroatoms. The topological polar surface area (TPSA) is 53.0 Å². The molecular formula is C14H19N3. The van der Waals surface area contributed by atoms with Crippen LogP contribution in [0.15, 0.2) is 30.3 Å². The molecule has 2 atom stereocenters. The molecule has 1 fully saturated rings. The van der Waals surface area contributed by atoms with E-state index in [1.807, 2.05) is 18.2 Å². The van der Waals surface area contributed by atoms with E-state index in [9.17, 15) is 0 Å². The molecule has 1 saturated heterocycles. The lowest BCUT2D eigenvalue weighted by molar-refractivity contribution is 0.131. The summed E-state index contributed by atoms with van der Waals surface area (Å²) in [6.45, 7) is 4.74. The highest BCUT2D eigenvalue weighted by Crippen LogP contribution is 2.24. The first-order chi connectivity index (χ1) is 8.11. The van der Waals surface area contributed by atoms with Gasteiger partial charge in [-0.15, -0.1) is 0 Å². The van der Waals surface area contributed by atoms with Crippen LogP contribution in [0.3, 0.4) is 0 Å². The molecule has 0 saturated carbocycles. The second-order valence-corrected chi connectivity index (χ2v) is 5.23. The Hall–Kier alpha value is -1.37. The van der Waals surface area contributed by atoms with Gasteiger partial charge in [-0.1, -0.05) is 37.3 Å². The Bertz CT molecular complexity index is 409. The molecule has 3 nitrogen and oxygen atoms in total. The summed E-state index contributed by atoms with van der Waals surface area (Å²) in [7, 11) is 0. The Balaban J connectivity index is 2.05. The van der Waals surface area contributed by atoms with Gasteiger partial charge in [0.15, 0.2) is 0 Å². The zero-order chi connectivity index (χ0) is 12.3. The third-order valence-electron chi connectivity index (χ3n) is 3.26. The second kappa shape index (κ2) is 4.87. The van der Waals surface area contributed by atoms with Crippen molar-refractivity contribution >= 4 is 0 Å². The van der Waals surface area contributed by atoms with Crippen molar-refractivity contribution in [3.63, 3.8) is 0 Å². The molecule has 1 aliphatic heterocycles. The van der Waals surface area contributed by atoms with E-state index in [1.165, 1.54) is 5.56 Å². The lowest BCUT2D eigenvalue weighted by Crippen LogP contribution is -2.55. The normalized spacial score (nSPS) is 29.8. The van der Waals surface area contributed by atoms with E-state index < -0.39 is 5.54 Å². The lowest BCUT2D eigenvalue weighted by atomic mass is 9.85. The van der Waals surface area contributed by atoms with Crippen molar-refractivity contribution in [1.82, 2.24) is 4.90 Å². The minimum atomic E-state index is -0.674. The van der Waals surface area contributed by atoms with Gasteiger partial charge < -0.3 is 5.73 Å². The fourth-order valence-corrected chi connectivity index (χ4v) is 2.70. The molecule has 0 aromatic heterocycles. The third kappa shape index (κ3) is 3.06. The molecule has 0 bridgehead atoms. The first-order valence-corrected chi connectivity index (χ1v) is 6.08. The molecular weight excluding hydrogens is 210 g/mol. The van der Waals surface area contributed by atoms with E-state index in [0.29, 0.717) is 12.5 Å². The van der Waals surface area contributed by atoms with Crippen LogP contribution >= 0.6 is 0 Å². The molecule has 0 unspecified atom stereocenters. The predicted octanol–water partition coefficient (Wildman–Crippen LogP) is 1.75. The molecule has 0 aliphatic carbocycles. The van der Waals surface area contributed by atoms with Gasteiger partial charge in [-0.25, -0.2) is 0 Å². The van der Waals surface area contributed by atoms with Gasteiger partial charge in [0.25, 0.3) is 0 Å². The molecule has 1 aromatic carbocycles. The first kappa shape index (κ1) is 12.1. The maximum absolute atomic E-state index is 9.15. The zero-order valence-corrected chi connectivity index (χ0v) is 10.3. The summed E-state index contributed by atoms with van der Waals surface area (Å²) >= 11 is 0. The minimum absolute atomic E-state index is 0.483. The SMILES string of the molecule is C[C@@H]1CN(Cc2ccccc2)C[C@@](N)(C#N)C1. The molecule has 0 spiro atoms. The van der Waals surface area contributed by atoms with Crippen molar-refractivity contribution < 1.29 is 0 Å². The summed E-state index contributed by atoms with van der Waals surface area (Å²) in [6.07, 6.45) is 0.800. The first-order valence-electron chi connectivity index (χ1n) is 6.08. The van der Waals surface area contributed by atoms with Gasteiger partial charge in [-0.2, -0.15) is 5.26 Å². The number of nitriles is 1. The van der Waals surface area contributed by atoms with E-state index in [1.54, 1.807) is 0 Å². The van der Waals surface area contributed by atoms with Crippen molar-refractivity contribution in [2.24, 2.45) is 11.7 Å².